The standard InChI is InChI=1S/C9H21NO2.C2H6/c1-10(7-5-8-11)6-3-4-9-12-2;1-2/h11H,3-9H2,1-2H3;1-2H3. The van der Waals surface area contributed by atoms with E-state index < -0.39 is 0 Å². The maximum absolute atomic E-state index is 8.58. The molecule has 0 radical (unpaired) electrons. The monoisotopic (exact) mass is 205 g/mol. The van der Waals surface area contributed by atoms with Gasteiger partial charge in [-0.3, -0.25) is 0 Å². The lowest BCUT2D eigenvalue weighted by Crippen LogP contribution is -2.21. The lowest BCUT2D eigenvalue weighted by molar-refractivity contribution is 0.185. The predicted octanol–water partition coefficient (Wildman–Crippen LogP) is 1.75. The van der Waals surface area contributed by atoms with Crippen LogP contribution >= 0.6 is 0 Å². The normalized spacial score (nSPS) is 9.86. The largest absolute Gasteiger partial charge is 0.396 e. The van der Waals surface area contributed by atoms with Crippen molar-refractivity contribution >= 4 is 0 Å². The summed E-state index contributed by atoms with van der Waals surface area (Å²) in [4.78, 5) is 2.24. The number of hydrogen-bond acceptors (Lipinski definition) is 3. The van der Waals surface area contributed by atoms with E-state index >= 15 is 0 Å². The van der Waals surface area contributed by atoms with E-state index in [4.69, 9.17) is 9.84 Å². The van der Waals surface area contributed by atoms with Crippen molar-refractivity contribution in [1.29, 1.82) is 0 Å². The van der Waals surface area contributed by atoms with Crippen molar-refractivity contribution in [3.8, 4) is 0 Å². The third-order valence-corrected chi connectivity index (χ3v) is 1.84. The number of nitrogens with zero attached hydrogens (tertiary/aromatic N) is 1. The Morgan fingerprint density at radius 2 is 1.64 bits per heavy atom. The zero-order valence-electron chi connectivity index (χ0n) is 10.3. The second-order valence-corrected chi connectivity index (χ2v) is 3.08. The molecule has 0 saturated heterocycles. The summed E-state index contributed by atoms with van der Waals surface area (Å²) in [5, 5.41) is 8.58. The number of methoxy groups -OCH3 is 1. The Balaban J connectivity index is 0. The first kappa shape index (κ1) is 16.3. The van der Waals surface area contributed by atoms with Crippen LogP contribution in [0.2, 0.25) is 0 Å². The van der Waals surface area contributed by atoms with Crippen LogP contribution < -0.4 is 0 Å². The van der Waals surface area contributed by atoms with Gasteiger partial charge in [-0.05, 0) is 32.9 Å². The number of aliphatic hydroxyl groups excluding tert-OH is 1. The molecular formula is C11H27NO2. The van der Waals surface area contributed by atoms with Gasteiger partial charge in [0, 0.05) is 26.9 Å². The molecule has 0 fully saturated rings. The van der Waals surface area contributed by atoms with Gasteiger partial charge in [-0.25, -0.2) is 0 Å². The summed E-state index contributed by atoms with van der Waals surface area (Å²) in [5.74, 6) is 0. The molecule has 0 aliphatic rings. The molecule has 0 atom stereocenters. The SMILES string of the molecule is CC.COCCCCN(C)CCCO. The van der Waals surface area contributed by atoms with Crippen LogP contribution in [0.5, 0.6) is 0 Å². The van der Waals surface area contributed by atoms with Crippen LogP contribution in [-0.4, -0.2) is 50.5 Å². The Morgan fingerprint density at radius 1 is 1.07 bits per heavy atom. The molecule has 1 N–H and O–H groups in total. The van der Waals surface area contributed by atoms with Crippen molar-refractivity contribution in [2.75, 3.05) is 40.5 Å². The van der Waals surface area contributed by atoms with Crippen LogP contribution in [0, 0.1) is 0 Å². The molecular weight excluding hydrogens is 178 g/mol. The minimum Gasteiger partial charge on any atom is -0.396 e. The Kier molecular flexibility index (Phi) is 17.9. The molecule has 3 heteroatoms. The van der Waals surface area contributed by atoms with E-state index in [0.717, 1.165) is 32.5 Å². The maximum atomic E-state index is 8.58. The Hall–Kier alpha value is -0.120. The van der Waals surface area contributed by atoms with E-state index in [9.17, 15) is 0 Å². The maximum Gasteiger partial charge on any atom is 0.0462 e. The summed E-state index contributed by atoms with van der Waals surface area (Å²) < 4.78 is 4.95. The first-order valence-electron chi connectivity index (χ1n) is 5.59. The molecule has 0 heterocycles. The number of hydrogen-bond donors (Lipinski definition) is 1. The number of rotatable bonds is 8. The summed E-state index contributed by atoms with van der Waals surface area (Å²) in [6.07, 6.45) is 3.18. The van der Waals surface area contributed by atoms with E-state index in [1.54, 1.807) is 7.11 Å². The molecule has 0 saturated carbocycles. The highest BCUT2D eigenvalue weighted by molar-refractivity contribution is 4.51. The Morgan fingerprint density at radius 3 is 2.14 bits per heavy atom. The lowest BCUT2D eigenvalue weighted by Gasteiger charge is -2.15. The van der Waals surface area contributed by atoms with E-state index in [1.807, 2.05) is 13.8 Å². The molecule has 0 amide bonds. The summed E-state index contributed by atoms with van der Waals surface area (Å²) in [5.41, 5.74) is 0. The fraction of sp³-hybridized carbons (Fsp3) is 1.00. The zero-order chi connectivity index (χ0) is 11.2. The van der Waals surface area contributed by atoms with Gasteiger partial charge in [0.25, 0.3) is 0 Å². The summed E-state index contributed by atoms with van der Waals surface area (Å²) in [6.45, 7) is 7.24. The Bertz CT molecular complexity index is 89.4. The van der Waals surface area contributed by atoms with Gasteiger partial charge in [0.15, 0.2) is 0 Å². The molecule has 0 aromatic heterocycles. The predicted molar refractivity (Wildman–Crippen MR) is 61.7 cm³/mol. The van der Waals surface area contributed by atoms with Gasteiger partial charge >= 0.3 is 0 Å². The van der Waals surface area contributed by atoms with Gasteiger partial charge < -0.3 is 14.7 Å². The van der Waals surface area contributed by atoms with E-state index in [0.29, 0.717) is 6.61 Å². The lowest BCUT2D eigenvalue weighted by atomic mass is 10.3. The Labute approximate surface area is 89.1 Å². The van der Waals surface area contributed by atoms with Crippen LogP contribution in [0.4, 0.5) is 0 Å². The third-order valence-electron chi connectivity index (χ3n) is 1.84. The summed E-state index contributed by atoms with van der Waals surface area (Å²) in [6, 6.07) is 0. The van der Waals surface area contributed by atoms with Crippen molar-refractivity contribution in [2.45, 2.75) is 33.1 Å². The summed E-state index contributed by atoms with van der Waals surface area (Å²) >= 11 is 0. The molecule has 0 spiro atoms. The molecule has 0 aromatic carbocycles. The van der Waals surface area contributed by atoms with Crippen LogP contribution in [0.1, 0.15) is 33.1 Å². The molecule has 0 bridgehead atoms. The average Bonchev–Trinajstić information content (AvgIpc) is 2.24. The number of aliphatic hydroxyl groups is 1. The molecule has 0 aromatic rings. The van der Waals surface area contributed by atoms with Crippen LogP contribution in [0.25, 0.3) is 0 Å². The molecule has 88 valence electrons. The van der Waals surface area contributed by atoms with Crippen molar-refractivity contribution in [2.24, 2.45) is 0 Å². The van der Waals surface area contributed by atoms with Crippen LogP contribution in [-0.2, 0) is 4.74 Å². The van der Waals surface area contributed by atoms with Crippen LogP contribution in [0.3, 0.4) is 0 Å². The van der Waals surface area contributed by atoms with Crippen LogP contribution in [0.15, 0.2) is 0 Å². The molecule has 3 nitrogen and oxygen atoms in total. The van der Waals surface area contributed by atoms with Gasteiger partial charge in [-0.15, -0.1) is 0 Å². The minimum absolute atomic E-state index is 0.294. The van der Waals surface area contributed by atoms with Gasteiger partial charge in [0.1, 0.15) is 0 Å². The minimum atomic E-state index is 0.294. The molecule has 0 aliphatic carbocycles. The van der Waals surface area contributed by atoms with Crippen molar-refractivity contribution in [3.05, 3.63) is 0 Å². The highest BCUT2D eigenvalue weighted by Gasteiger charge is 1.96. The van der Waals surface area contributed by atoms with E-state index in [1.165, 1.54) is 6.42 Å². The molecule has 0 unspecified atom stereocenters. The van der Waals surface area contributed by atoms with E-state index in [-0.39, 0.29) is 0 Å². The third kappa shape index (κ3) is 14.4. The number of ether oxygens (including phenoxy) is 1. The fourth-order valence-corrected chi connectivity index (χ4v) is 1.08. The van der Waals surface area contributed by atoms with E-state index in [2.05, 4.69) is 11.9 Å². The number of unbranched alkanes of at least 4 members (excludes halogenated alkanes) is 1. The first-order valence-corrected chi connectivity index (χ1v) is 5.59. The highest BCUT2D eigenvalue weighted by Crippen LogP contribution is 1.94. The summed E-state index contributed by atoms with van der Waals surface area (Å²) in [7, 11) is 3.82. The quantitative estimate of drug-likeness (QED) is 0.613. The first-order chi connectivity index (χ1) is 6.81. The second-order valence-electron chi connectivity index (χ2n) is 3.08. The molecule has 14 heavy (non-hydrogen) atoms. The van der Waals surface area contributed by atoms with Crippen molar-refractivity contribution < 1.29 is 9.84 Å². The molecule has 0 rings (SSSR count). The van der Waals surface area contributed by atoms with Crippen molar-refractivity contribution in [1.82, 2.24) is 4.90 Å². The van der Waals surface area contributed by atoms with Gasteiger partial charge in [0.2, 0.25) is 0 Å². The smallest absolute Gasteiger partial charge is 0.0462 e. The van der Waals surface area contributed by atoms with Gasteiger partial charge in [-0.1, -0.05) is 13.8 Å². The van der Waals surface area contributed by atoms with Gasteiger partial charge in [0.05, 0.1) is 0 Å². The zero-order valence-corrected chi connectivity index (χ0v) is 10.3. The van der Waals surface area contributed by atoms with Crippen molar-refractivity contribution in [3.63, 3.8) is 0 Å². The van der Waals surface area contributed by atoms with Gasteiger partial charge in [-0.2, -0.15) is 0 Å². The topological polar surface area (TPSA) is 32.7 Å². The fourth-order valence-electron chi connectivity index (χ4n) is 1.08. The second kappa shape index (κ2) is 15.4. The molecule has 0 aliphatic heterocycles. The highest BCUT2D eigenvalue weighted by atomic mass is 16.5. The average molecular weight is 205 g/mol.